The van der Waals surface area contributed by atoms with Crippen LogP contribution in [-0.4, -0.2) is 44.8 Å². The summed E-state index contributed by atoms with van der Waals surface area (Å²) in [6.07, 6.45) is 2.69. The maximum absolute atomic E-state index is 12.8. The Balaban J connectivity index is 1.35. The van der Waals surface area contributed by atoms with Crippen LogP contribution >= 0.6 is 0 Å². The van der Waals surface area contributed by atoms with Crippen LogP contribution in [0.4, 0.5) is 5.69 Å². The third-order valence-electron chi connectivity index (χ3n) is 5.65. The quantitative estimate of drug-likeness (QED) is 0.481. The van der Waals surface area contributed by atoms with Crippen molar-refractivity contribution < 1.29 is 9.72 Å². The standard InChI is InChI=1S/C22H25N5O3/c23-17(12-15-7-9-18(10-8-15)27(29)30)13-21(28)26-11-3-4-16(14-26)22-24-19-5-1-2-6-20(19)25-22/h1-2,5-10,16-17H,3-4,11-14,23H2,(H,24,25)/t16?,17-/m1/s1. The summed E-state index contributed by atoms with van der Waals surface area (Å²) in [5.74, 6) is 1.18. The number of nitrogens with one attached hydrogen (secondary N) is 1. The van der Waals surface area contributed by atoms with Crippen LogP contribution in [0.3, 0.4) is 0 Å². The molecule has 0 bridgehead atoms. The number of hydrogen-bond acceptors (Lipinski definition) is 5. The fourth-order valence-corrected chi connectivity index (χ4v) is 4.07. The lowest BCUT2D eigenvalue weighted by Crippen LogP contribution is -2.42. The zero-order valence-electron chi connectivity index (χ0n) is 16.7. The highest BCUT2D eigenvalue weighted by Gasteiger charge is 2.27. The van der Waals surface area contributed by atoms with Crippen molar-refractivity contribution in [3.8, 4) is 0 Å². The molecule has 8 nitrogen and oxygen atoms in total. The number of para-hydroxylation sites is 2. The van der Waals surface area contributed by atoms with Crippen molar-refractivity contribution in [2.75, 3.05) is 13.1 Å². The molecule has 2 heterocycles. The summed E-state index contributed by atoms with van der Waals surface area (Å²) >= 11 is 0. The van der Waals surface area contributed by atoms with Gasteiger partial charge in [0.1, 0.15) is 5.82 Å². The van der Waals surface area contributed by atoms with Gasteiger partial charge in [0.15, 0.2) is 0 Å². The van der Waals surface area contributed by atoms with Gasteiger partial charge in [0.25, 0.3) is 5.69 Å². The van der Waals surface area contributed by atoms with E-state index in [1.807, 2.05) is 29.2 Å². The predicted molar refractivity (Wildman–Crippen MR) is 114 cm³/mol. The molecule has 1 unspecified atom stereocenters. The summed E-state index contributed by atoms with van der Waals surface area (Å²) in [6.45, 7) is 1.38. The average molecular weight is 407 g/mol. The molecule has 1 aliphatic heterocycles. The van der Waals surface area contributed by atoms with E-state index >= 15 is 0 Å². The summed E-state index contributed by atoms with van der Waals surface area (Å²) < 4.78 is 0. The van der Waals surface area contributed by atoms with E-state index in [9.17, 15) is 14.9 Å². The number of aromatic amines is 1. The first-order valence-electron chi connectivity index (χ1n) is 10.2. The number of carbonyl (C=O) groups excluding carboxylic acids is 1. The smallest absolute Gasteiger partial charge is 0.269 e. The molecule has 1 aliphatic rings. The summed E-state index contributed by atoms with van der Waals surface area (Å²) in [5, 5.41) is 10.8. The zero-order chi connectivity index (χ0) is 21.1. The number of carbonyl (C=O) groups is 1. The molecular weight excluding hydrogens is 382 g/mol. The maximum atomic E-state index is 12.8. The van der Waals surface area contributed by atoms with Gasteiger partial charge in [-0.05, 0) is 37.0 Å². The third kappa shape index (κ3) is 4.49. The maximum Gasteiger partial charge on any atom is 0.269 e. The van der Waals surface area contributed by atoms with E-state index in [-0.39, 0.29) is 30.0 Å². The van der Waals surface area contributed by atoms with E-state index < -0.39 is 4.92 Å². The molecule has 1 aromatic heterocycles. The number of fused-ring (bicyclic) bond motifs is 1. The third-order valence-corrected chi connectivity index (χ3v) is 5.65. The van der Waals surface area contributed by atoms with Gasteiger partial charge in [0.05, 0.1) is 16.0 Å². The van der Waals surface area contributed by atoms with Crippen molar-refractivity contribution >= 4 is 22.6 Å². The number of piperidine rings is 1. The number of imidazole rings is 1. The van der Waals surface area contributed by atoms with Crippen LogP contribution in [0.5, 0.6) is 0 Å². The Labute approximate surface area is 174 Å². The van der Waals surface area contributed by atoms with E-state index in [1.54, 1.807) is 12.1 Å². The van der Waals surface area contributed by atoms with Crippen LogP contribution in [0, 0.1) is 10.1 Å². The fraction of sp³-hybridized carbons (Fsp3) is 0.364. The lowest BCUT2D eigenvalue weighted by Gasteiger charge is -2.32. The molecule has 2 atom stereocenters. The van der Waals surface area contributed by atoms with Gasteiger partial charge >= 0.3 is 0 Å². The summed E-state index contributed by atoms with van der Waals surface area (Å²) in [4.78, 5) is 33.1. The number of rotatable bonds is 6. The molecule has 1 fully saturated rings. The molecule has 8 heteroatoms. The number of H-pyrrole nitrogens is 1. The average Bonchev–Trinajstić information content (AvgIpc) is 3.18. The van der Waals surface area contributed by atoms with E-state index in [4.69, 9.17) is 10.7 Å². The number of aromatic nitrogens is 2. The van der Waals surface area contributed by atoms with Gasteiger partial charge in [-0.1, -0.05) is 24.3 Å². The number of nitro groups is 1. The first-order chi connectivity index (χ1) is 14.5. The highest BCUT2D eigenvalue weighted by molar-refractivity contribution is 5.77. The molecule has 30 heavy (non-hydrogen) atoms. The summed E-state index contributed by atoms with van der Waals surface area (Å²) in [6, 6.07) is 13.9. The Morgan fingerprint density at radius 3 is 2.77 bits per heavy atom. The van der Waals surface area contributed by atoms with Gasteiger partial charge in [-0.2, -0.15) is 0 Å². The molecule has 1 saturated heterocycles. The van der Waals surface area contributed by atoms with Crippen LogP contribution in [0.15, 0.2) is 48.5 Å². The lowest BCUT2D eigenvalue weighted by atomic mass is 9.96. The van der Waals surface area contributed by atoms with Crippen LogP contribution in [-0.2, 0) is 11.2 Å². The molecule has 4 rings (SSSR count). The van der Waals surface area contributed by atoms with Crippen molar-refractivity contribution in [3.05, 3.63) is 70.0 Å². The fourth-order valence-electron chi connectivity index (χ4n) is 4.07. The molecule has 0 aliphatic carbocycles. The number of nitrogens with zero attached hydrogens (tertiary/aromatic N) is 3. The number of non-ortho nitro benzene ring substituents is 1. The predicted octanol–water partition coefficient (Wildman–Crippen LogP) is 3.14. The molecule has 156 valence electrons. The second-order valence-corrected chi connectivity index (χ2v) is 7.91. The van der Waals surface area contributed by atoms with Crippen molar-refractivity contribution in [3.63, 3.8) is 0 Å². The van der Waals surface area contributed by atoms with E-state index in [0.29, 0.717) is 13.0 Å². The number of nitro benzene ring substituents is 1. The van der Waals surface area contributed by atoms with Gasteiger partial charge in [-0.25, -0.2) is 4.98 Å². The molecule has 2 aromatic carbocycles. The molecule has 3 aromatic rings. The Kier molecular flexibility index (Phi) is 5.76. The minimum absolute atomic E-state index is 0.0465. The van der Waals surface area contributed by atoms with Crippen LogP contribution in [0.25, 0.3) is 11.0 Å². The highest BCUT2D eigenvalue weighted by Crippen LogP contribution is 2.27. The number of amides is 1. The Morgan fingerprint density at radius 2 is 2.03 bits per heavy atom. The van der Waals surface area contributed by atoms with Crippen LogP contribution < -0.4 is 5.73 Å². The zero-order valence-corrected chi connectivity index (χ0v) is 16.7. The van der Waals surface area contributed by atoms with Crippen molar-refractivity contribution in [1.29, 1.82) is 0 Å². The van der Waals surface area contributed by atoms with E-state index in [0.717, 1.165) is 41.8 Å². The molecular formula is C22H25N5O3. The normalized spacial score (nSPS) is 17.8. The number of likely N-dealkylation sites (tertiary alicyclic amines) is 1. The van der Waals surface area contributed by atoms with Crippen LogP contribution in [0.2, 0.25) is 0 Å². The molecule has 3 N–H and O–H groups in total. The minimum Gasteiger partial charge on any atom is -0.342 e. The van der Waals surface area contributed by atoms with E-state index in [2.05, 4.69) is 4.98 Å². The molecule has 0 saturated carbocycles. The number of nitrogens with two attached hydrogens (primary N) is 1. The van der Waals surface area contributed by atoms with Crippen molar-refractivity contribution in [2.24, 2.45) is 5.73 Å². The van der Waals surface area contributed by atoms with Gasteiger partial charge in [0, 0.05) is 43.6 Å². The van der Waals surface area contributed by atoms with Gasteiger partial charge < -0.3 is 15.6 Å². The second-order valence-electron chi connectivity index (χ2n) is 7.91. The minimum atomic E-state index is -0.429. The largest absolute Gasteiger partial charge is 0.342 e. The summed E-state index contributed by atoms with van der Waals surface area (Å²) in [7, 11) is 0. The van der Waals surface area contributed by atoms with Crippen molar-refractivity contribution in [2.45, 2.75) is 37.6 Å². The second kappa shape index (κ2) is 8.62. The molecule has 0 spiro atoms. The SMILES string of the molecule is N[C@@H](CC(=O)N1CCCC(c2nc3ccccc3[nH]2)C1)Cc1ccc([N+](=O)[O-])cc1. The summed E-state index contributed by atoms with van der Waals surface area (Å²) in [5.41, 5.74) is 9.11. The number of benzene rings is 2. The topological polar surface area (TPSA) is 118 Å². The Morgan fingerprint density at radius 1 is 1.27 bits per heavy atom. The molecule has 0 radical (unpaired) electrons. The highest BCUT2D eigenvalue weighted by atomic mass is 16.6. The van der Waals surface area contributed by atoms with Gasteiger partial charge in [-0.3, -0.25) is 14.9 Å². The van der Waals surface area contributed by atoms with Gasteiger partial charge in [-0.15, -0.1) is 0 Å². The monoisotopic (exact) mass is 407 g/mol. The van der Waals surface area contributed by atoms with Crippen LogP contribution in [0.1, 0.15) is 36.6 Å². The molecule has 1 amide bonds. The van der Waals surface area contributed by atoms with E-state index in [1.165, 1.54) is 12.1 Å². The first-order valence-corrected chi connectivity index (χ1v) is 10.2. The van der Waals surface area contributed by atoms with Gasteiger partial charge in [0.2, 0.25) is 5.91 Å². The Bertz CT molecular complexity index is 1010. The van der Waals surface area contributed by atoms with Crippen molar-refractivity contribution in [1.82, 2.24) is 14.9 Å². The Hall–Kier alpha value is -3.26. The number of hydrogen-bond donors (Lipinski definition) is 2. The lowest BCUT2D eigenvalue weighted by molar-refractivity contribution is -0.384. The first kappa shape index (κ1) is 20.0.